The Hall–Kier alpha value is -3.24. The Morgan fingerprint density at radius 3 is 2.81 bits per heavy atom. The van der Waals surface area contributed by atoms with E-state index in [1.54, 1.807) is 16.7 Å². The van der Waals surface area contributed by atoms with E-state index in [1.165, 1.54) is 6.07 Å². The maximum atomic E-state index is 12.9. The monoisotopic (exact) mass is 434 g/mol. The van der Waals surface area contributed by atoms with Crippen LogP contribution in [0.4, 0.5) is 14.7 Å². The quantitative estimate of drug-likeness (QED) is 0.682. The molecule has 3 heterocycles. The van der Waals surface area contributed by atoms with E-state index in [0.29, 0.717) is 49.7 Å². The van der Waals surface area contributed by atoms with Crippen LogP contribution >= 0.6 is 0 Å². The van der Waals surface area contributed by atoms with Crippen molar-refractivity contribution in [3.05, 3.63) is 35.2 Å². The van der Waals surface area contributed by atoms with Gasteiger partial charge in [-0.3, -0.25) is 14.2 Å². The zero-order chi connectivity index (χ0) is 22.1. The number of nitrogens with two attached hydrogens (primary N) is 1. The molecule has 31 heavy (non-hydrogen) atoms. The maximum absolute atomic E-state index is 12.9. The van der Waals surface area contributed by atoms with Crippen molar-refractivity contribution in [3.8, 4) is 5.75 Å². The minimum absolute atomic E-state index is 0.0677. The number of halogens is 2. The van der Waals surface area contributed by atoms with Gasteiger partial charge in [0.1, 0.15) is 5.75 Å². The van der Waals surface area contributed by atoms with Gasteiger partial charge in [-0.05, 0) is 25.8 Å². The van der Waals surface area contributed by atoms with Gasteiger partial charge < -0.3 is 20.7 Å². The molecule has 2 aliphatic rings. The number of amides is 2. The molecule has 2 amide bonds. The van der Waals surface area contributed by atoms with E-state index in [0.717, 1.165) is 5.56 Å². The number of benzene rings is 1. The lowest BCUT2D eigenvalue weighted by atomic mass is 10.1. The van der Waals surface area contributed by atoms with Crippen molar-refractivity contribution in [2.45, 2.75) is 45.4 Å². The zero-order valence-corrected chi connectivity index (χ0v) is 17.1. The Labute approximate surface area is 177 Å². The highest BCUT2D eigenvalue weighted by molar-refractivity contribution is 5.79. The van der Waals surface area contributed by atoms with Gasteiger partial charge in [0.15, 0.2) is 5.82 Å². The van der Waals surface area contributed by atoms with Crippen molar-refractivity contribution in [3.63, 3.8) is 0 Å². The molecule has 4 rings (SSSR count). The first-order chi connectivity index (χ1) is 14.8. The highest BCUT2D eigenvalue weighted by Crippen LogP contribution is 2.31. The Bertz CT molecular complexity index is 995. The molecule has 0 aliphatic carbocycles. The Morgan fingerprint density at radius 1 is 1.35 bits per heavy atom. The fourth-order valence-electron chi connectivity index (χ4n) is 4.14. The topological polar surface area (TPSA) is 115 Å². The molecular formula is C20H24F2N6O3. The number of hydrogen-bond acceptors (Lipinski definition) is 6. The molecule has 2 unspecified atom stereocenters. The van der Waals surface area contributed by atoms with Crippen LogP contribution in [0.1, 0.15) is 42.3 Å². The first-order valence-corrected chi connectivity index (χ1v) is 10.1. The average molecular weight is 434 g/mol. The van der Waals surface area contributed by atoms with Gasteiger partial charge in [-0.2, -0.15) is 8.78 Å². The average Bonchev–Trinajstić information content (AvgIpc) is 3.43. The number of nitrogens with one attached hydrogen (secondary N) is 1. The molecule has 0 spiro atoms. The Morgan fingerprint density at radius 2 is 2.16 bits per heavy atom. The van der Waals surface area contributed by atoms with E-state index in [9.17, 15) is 18.4 Å². The summed E-state index contributed by atoms with van der Waals surface area (Å²) < 4.78 is 32.4. The molecule has 1 aromatic heterocycles. The molecule has 2 aromatic rings. The lowest BCUT2D eigenvalue weighted by Crippen LogP contribution is -2.29. The standard InChI is InChI=1S/C20H24F2N6O3/c1-11-2-4-15(31-19(21)22)13(8-11)10-28-18(14-3-5-16(29)24-14)25-26-20(28)27-7-6-12(9-27)17(23)30/h2,4,8,12,14,19H,3,5-7,9-10H2,1H3,(H2,23,30)(H,24,29). The number of hydrogen-bond donors (Lipinski definition) is 2. The van der Waals surface area contributed by atoms with Crippen molar-refractivity contribution >= 4 is 17.8 Å². The summed E-state index contributed by atoms with van der Waals surface area (Å²) in [7, 11) is 0. The molecule has 0 radical (unpaired) electrons. The molecule has 166 valence electrons. The summed E-state index contributed by atoms with van der Waals surface area (Å²) >= 11 is 0. The highest BCUT2D eigenvalue weighted by atomic mass is 19.3. The minimum atomic E-state index is -2.95. The molecule has 2 atom stereocenters. The number of rotatable bonds is 7. The van der Waals surface area contributed by atoms with Gasteiger partial charge in [0.25, 0.3) is 0 Å². The van der Waals surface area contributed by atoms with Gasteiger partial charge in [0.2, 0.25) is 17.8 Å². The van der Waals surface area contributed by atoms with Crippen molar-refractivity contribution in [2.75, 3.05) is 18.0 Å². The second-order valence-electron chi connectivity index (χ2n) is 7.93. The second kappa shape index (κ2) is 8.48. The number of aromatic nitrogens is 3. The van der Waals surface area contributed by atoms with Crippen LogP contribution in [0.3, 0.4) is 0 Å². The van der Waals surface area contributed by atoms with Crippen molar-refractivity contribution in [2.24, 2.45) is 11.7 Å². The molecule has 1 aromatic carbocycles. The van der Waals surface area contributed by atoms with Crippen LogP contribution in [0, 0.1) is 12.8 Å². The van der Waals surface area contributed by atoms with E-state index in [4.69, 9.17) is 10.5 Å². The maximum Gasteiger partial charge on any atom is 0.387 e. The summed E-state index contributed by atoms with van der Waals surface area (Å²) in [4.78, 5) is 25.3. The van der Waals surface area contributed by atoms with Gasteiger partial charge >= 0.3 is 6.61 Å². The van der Waals surface area contributed by atoms with E-state index in [2.05, 4.69) is 15.5 Å². The first kappa shape index (κ1) is 21.0. The number of alkyl halides is 2. The smallest absolute Gasteiger partial charge is 0.387 e. The number of aryl methyl sites for hydroxylation is 1. The number of carbonyl (C=O) groups excluding carboxylic acids is 2. The SMILES string of the molecule is Cc1ccc(OC(F)F)c(Cn2c(C3CCC(=O)N3)nnc2N2CCC(C(N)=O)C2)c1. The summed E-state index contributed by atoms with van der Waals surface area (Å²) in [5, 5.41) is 11.5. The van der Waals surface area contributed by atoms with Crippen LogP contribution in [-0.4, -0.2) is 46.3 Å². The van der Waals surface area contributed by atoms with Crippen LogP contribution in [0.25, 0.3) is 0 Å². The number of nitrogens with zero attached hydrogens (tertiary/aromatic N) is 4. The van der Waals surface area contributed by atoms with Crippen LogP contribution in [-0.2, 0) is 16.1 Å². The van der Waals surface area contributed by atoms with Crippen molar-refractivity contribution in [1.29, 1.82) is 0 Å². The van der Waals surface area contributed by atoms with E-state index < -0.39 is 6.61 Å². The molecule has 9 nitrogen and oxygen atoms in total. The van der Waals surface area contributed by atoms with E-state index in [1.807, 2.05) is 11.8 Å². The predicted octanol–water partition coefficient (Wildman–Crippen LogP) is 1.50. The van der Waals surface area contributed by atoms with Crippen LogP contribution in [0.2, 0.25) is 0 Å². The third-order valence-electron chi connectivity index (χ3n) is 5.70. The predicted molar refractivity (Wildman–Crippen MR) is 107 cm³/mol. The summed E-state index contributed by atoms with van der Waals surface area (Å²) in [5.41, 5.74) is 6.88. The fraction of sp³-hybridized carbons (Fsp3) is 0.500. The lowest BCUT2D eigenvalue weighted by Gasteiger charge is -2.21. The van der Waals surface area contributed by atoms with Crippen LogP contribution in [0.15, 0.2) is 18.2 Å². The minimum Gasteiger partial charge on any atom is -0.434 e. The molecule has 11 heteroatoms. The van der Waals surface area contributed by atoms with Crippen LogP contribution in [0.5, 0.6) is 5.75 Å². The van der Waals surface area contributed by atoms with Gasteiger partial charge in [0.05, 0.1) is 18.5 Å². The largest absolute Gasteiger partial charge is 0.434 e. The van der Waals surface area contributed by atoms with Gasteiger partial charge in [0, 0.05) is 25.1 Å². The molecule has 2 saturated heterocycles. The number of ether oxygens (including phenoxy) is 1. The number of primary amides is 1. The summed E-state index contributed by atoms with van der Waals surface area (Å²) in [6.45, 7) is 0.0465. The van der Waals surface area contributed by atoms with Gasteiger partial charge in [-0.25, -0.2) is 0 Å². The van der Waals surface area contributed by atoms with Crippen LogP contribution < -0.4 is 20.7 Å². The lowest BCUT2D eigenvalue weighted by molar-refractivity contribution is -0.121. The fourth-order valence-corrected chi connectivity index (χ4v) is 4.14. The highest BCUT2D eigenvalue weighted by Gasteiger charge is 2.33. The molecular weight excluding hydrogens is 410 g/mol. The first-order valence-electron chi connectivity index (χ1n) is 10.1. The van der Waals surface area contributed by atoms with Gasteiger partial charge in [-0.15, -0.1) is 10.2 Å². The second-order valence-corrected chi connectivity index (χ2v) is 7.93. The molecule has 0 bridgehead atoms. The van der Waals surface area contributed by atoms with Crippen molar-refractivity contribution < 1.29 is 23.1 Å². The number of anilines is 1. The molecule has 2 aliphatic heterocycles. The zero-order valence-electron chi connectivity index (χ0n) is 17.1. The Kier molecular flexibility index (Phi) is 5.75. The normalized spacial score (nSPS) is 21.0. The number of carbonyl (C=O) groups is 2. The van der Waals surface area contributed by atoms with Crippen molar-refractivity contribution in [1.82, 2.24) is 20.1 Å². The van der Waals surface area contributed by atoms with E-state index >= 15 is 0 Å². The molecule has 3 N–H and O–H groups in total. The summed E-state index contributed by atoms with van der Waals surface area (Å²) in [6.07, 6.45) is 1.54. The summed E-state index contributed by atoms with van der Waals surface area (Å²) in [5.74, 6) is 0.364. The third kappa shape index (κ3) is 4.44. The van der Waals surface area contributed by atoms with E-state index in [-0.39, 0.29) is 36.1 Å². The third-order valence-corrected chi connectivity index (χ3v) is 5.70. The molecule has 0 saturated carbocycles. The molecule has 2 fully saturated rings. The Balaban J connectivity index is 1.71. The van der Waals surface area contributed by atoms with Gasteiger partial charge in [-0.1, -0.05) is 17.7 Å². The summed E-state index contributed by atoms with van der Waals surface area (Å²) in [6, 6.07) is 4.66.